The summed E-state index contributed by atoms with van der Waals surface area (Å²) in [6.45, 7) is 0.739. The molecule has 1 aliphatic rings. The number of halogens is 5. The molecule has 0 amide bonds. The highest BCUT2D eigenvalue weighted by molar-refractivity contribution is 5.85. The predicted molar refractivity (Wildman–Crippen MR) is 71.2 cm³/mol. The van der Waals surface area contributed by atoms with Crippen LogP contribution in [0.5, 0.6) is 0 Å². The summed E-state index contributed by atoms with van der Waals surface area (Å²) < 4.78 is 53.2. The lowest BCUT2D eigenvalue weighted by atomic mass is 10.1. The molecule has 0 saturated heterocycles. The van der Waals surface area contributed by atoms with Gasteiger partial charge in [0.1, 0.15) is 5.82 Å². The Bertz CT molecular complexity index is 634. The fourth-order valence-corrected chi connectivity index (χ4v) is 2.37. The van der Waals surface area contributed by atoms with Crippen molar-refractivity contribution in [2.45, 2.75) is 19.1 Å². The van der Waals surface area contributed by atoms with Crippen LogP contribution < -0.4 is 5.32 Å². The highest BCUT2D eigenvalue weighted by Crippen LogP contribution is 2.34. The summed E-state index contributed by atoms with van der Waals surface area (Å²) >= 11 is 0. The topological polar surface area (TPSA) is 29.9 Å². The molecular weight excluding hydrogens is 310 g/mol. The number of hydrogen-bond donors (Lipinski definition) is 1. The summed E-state index contributed by atoms with van der Waals surface area (Å²) in [4.78, 5) is 0. The van der Waals surface area contributed by atoms with E-state index in [-0.39, 0.29) is 24.5 Å². The Morgan fingerprint density at radius 2 is 1.81 bits per heavy atom. The minimum Gasteiger partial charge on any atom is -0.312 e. The second kappa shape index (κ2) is 5.65. The van der Waals surface area contributed by atoms with Gasteiger partial charge >= 0.3 is 6.18 Å². The molecule has 0 bridgehead atoms. The molecule has 2 aromatic rings. The third-order valence-corrected chi connectivity index (χ3v) is 3.27. The van der Waals surface area contributed by atoms with E-state index < -0.39 is 17.7 Å². The van der Waals surface area contributed by atoms with Gasteiger partial charge in [-0.1, -0.05) is 0 Å². The van der Waals surface area contributed by atoms with Crippen LogP contribution in [0.2, 0.25) is 0 Å². The lowest BCUT2D eigenvalue weighted by Gasteiger charge is -2.16. The minimum atomic E-state index is -4.49. The van der Waals surface area contributed by atoms with Crippen molar-refractivity contribution in [3.63, 3.8) is 0 Å². The van der Waals surface area contributed by atoms with Crippen molar-refractivity contribution in [1.29, 1.82) is 0 Å². The number of benzene rings is 1. The average molecular weight is 322 g/mol. The zero-order chi connectivity index (χ0) is 14.3. The van der Waals surface area contributed by atoms with Gasteiger partial charge in [-0.25, -0.2) is 9.07 Å². The van der Waals surface area contributed by atoms with Gasteiger partial charge in [-0.05, 0) is 24.3 Å². The van der Waals surface area contributed by atoms with Crippen LogP contribution >= 0.6 is 12.4 Å². The van der Waals surface area contributed by atoms with Crippen LogP contribution in [0.4, 0.5) is 17.6 Å². The van der Waals surface area contributed by atoms with Gasteiger partial charge in [0.2, 0.25) is 0 Å². The largest absolute Gasteiger partial charge is 0.435 e. The van der Waals surface area contributed by atoms with Crippen LogP contribution in [-0.4, -0.2) is 16.3 Å². The van der Waals surface area contributed by atoms with Gasteiger partial charge in [0.05, 0.1) is 11.4 Å². The van der Waals surface area contributed by atoms with Crippen LogP contribution in [0.3, 0.4) is 0 Å². The first kappa shape index (κ1) is 15.8. The maximum Gasteiger partial charge on any atom is 0.435 e. The van der Waals surface area contributed by atoms with Crippen molar-refractivity contribution in [2.75, 3.05) is 6.54 Å². The number of aromatic nitrogens is 2. The van der Waals surface area contributed by atoms with Gasteiger partial charge in [0, 0.05) is 25.1 Å². The molecule has 3 nitrogen and oxygen atoms in total. The number of nitrogens with zero attached hydrogens (tertiary/aromatic N) is 2. The second-order valence-corrected chi connectivity index (χ2v) is 4.59. The van der Waals surface area contributed by atoms with Gasteiger partial charge in [-0.15, -0.1) is 12.4 Å². The Hall–Kier alpha value is -1.60. The molecule has 1 aliphatic heterocycles. The molecular formula is C13H12ClF4N3. The number of nitrogens with one attached hydrogen (secondary N) is 1. The smallest absolute Gasteiger partial charge is 0.312 e. The third-order valence-electron chi connectivity index (χ3n) is 3.27. The predicted octanol–water partition coefficient (Wildman–Crippen LogP) is 3.10. The maximum atomic E-state index is 13.0. The van der Waals surface area contributed by atoms with E-state index in [0.717, 1.165) is 0 Å². The lowest BCUT2D eigenvalue weighted by Crippen LogP contribution is -2.25. The van der Waals surface area contributed by atoms with Crippen LogP contribution in [-0.2, 0) is 19.1 Å². The summed E-state index contributed by atoms with van der Waals surface area (Å²) in [5.74, 6) is -0.438. The van der Waals surface area contributed by atoms with E-state index in [9.17, 15) is 17.6 Å². The monoisotopic (exact) mass is 321 g/mol. The molecule has 0 fully saturated rings. The van der Waals surface area contributed by atoms with Crippen molar-refractivity contribution >= 4 is 12.4 Å². The van der Waals surface area contributed by atoms with Crippen molar-refractivity contribution in [2.24, 2.45) is 0 Å². The molecule has 1 aromatic carbocycles. The fourth-order valence-electron chi connectivity index (χ4n) is 2.37. The van der Waals surface area contributed by atoms with E-state index in [4.69, 9.17) is 0 Å². The first-order valence-electron chi connectivity index (χ1n) is 6.11. The maximum absolute atomic E-state index is 13.0. The van der Waals surface area contributed by atoms with Gasteiger partial charge < -0.3 is 5.32 Å². The normalized spacial score (nSPS) is 14.5. The van der Waals surface area contributed by atoms with Crippen molar-refractivity contribution in [3.05, 3.63) is 47.0 Å². The fraction of sp³-hybridized carbons (Fsp3) is 0.308. The van der Waals surface area contributed by atoms with E-state index in [0.29, 0.717) is 24.3 Å². The first-order chi connectivity index (χ1) is 9.47. The number of hydrogen-bond acceptors (Lipinski definition) is 2. The number of fused-ring (bicyclic) bond motifs is 1. The SMILES string of the molecule is Cl.Fc1ccc(-n2nc(C(F)(F)F)c3c2CCNC3)cc1. The van der Waals surface area contributed by atoms with Gasteiger partial charge in [0.25, 0.3) is 0 Å². The minimum absolute atomic E-state index is 0. The molecule has 0 spiro atoms. The highest BCUT2D eigenvalue weighted by Gasteiger charge is 2.39. The summed E-state index contributed by atoms with van der Waals surface area (Å²) in [6, 6.07) is 5.26. The Balaban J connectivity index is 0.00000161. The standard InChI is InChI=1S/C13H11F4N3.ClH/c14-8-1-3-9(4-2-8)20-11-5-6-18-7-10(11)12(19-20)13(15,16)17;/h1-4,18H,5-7H2;1H. The molecule has 0 saturated carbocycles. The summed E-state index contributed by atoms with van der Waals surface area (Å²) in [6.07, 6.45) is -4.04. The van der Waals surface area contributed by atoms with Gasteiger partial charge in [-0.3, -0.25) is 0 Å². The Morgan fingerprint density at radius 1 is 1.14 bits per heavy atom. The molecule has 1 N–H and O–H groups in total. The summed E-state index contributed by atoms with van der Waals surface area (Å²) in [5.41, 5.74) is 0.264. The summed E-state index contributed by atoms with van der Waals surface area (Å²) in [7, 11) is 0. The van der Waals surface area contributed by atoms with E-state index in [1.54, 1.807) is 0 Å². The van der Waals surface area contributed by atoms with Crippen molar-refractivity contribution < 1.29 is 17.6 Å². The quantitative estimate of drug-likeness (QED) is 0.818. The lowest BCUT2D eigenvalue weighted by molar-refractivity contribution is -0.142. The molecule has 1 aromatic heterocycles. The van der Waals surface area contributed by atoms with Crippen LogP contribution in [0, 0.1) is 5.82 Å². The Labute approximate surface area is 124 Å². The molecule has 0 unspecified atom stereocenters. The van der Waals surface area contributed by atoms with Crippen LogP contribution in [0.15, 0.2) is 24.3 Å². The van der Waals surface area contributed by atoms with E-state index in [2.05, 4.69) is 10.4 Å². The molecule has 3 rings (SSSR count). The Kier molecular flexibility index (Phi) is 4.25. The first-order valence-corrected chi connectivity index (χ1v) is 6.11. The van der Waals surface area contributed by atoms with Crippen molar-refractivity contribution in [3.8, 4) is 5.69 Å². The molecule has 21 heavy (non-hydrogen) atoms. The molecule has 0 atom stereocenters. The van der Waals surface area contributed by atoms with Gasteiger partial charge in [0.15, 0.2) is 5.69 Å². The van der Waals surface area contributed by atoms with E-state index in [1.807, 2.05) is 0 Å². The zero-order valence-electron chi connectivity index (χ0n) is 10.7. The molecule has 8 heteroatoms. The average Bonchev–Trinajstić information content (AvgIpc) is 2.79. The molecule has 2 heterocycles. The second-order valence-electron chi connectivity index (χ2n) is 4.59. The number of alkyl halides is 3. The van der Waals surface area contributed by atoms with Gasteiger partial charge in [-0.2, -0.15) is 18.3 Å². The van der Waals surface area contributed by atoms with Crippen molar-refractivity contribution in [1.82, 2.24) is 15.1 Å². The van der Waals surface area contributed by atoms with E-state index in [1.165, 1.54) is 28.9 Å². The molecule has 114 valence electrons. The zero-order valence-corrected chi connectivity index (χ0v) is 11.6. The number of rotatable bonds is 1. The third kappa shape index (κ3) is 2.89. The molecule has 0 radical (unpaired) electrons. The van der Waals surface area contributed by atoms with Crippen LogP contribution in [0.25, 0.3) is 5.69 Å². The molecule has 0 aliphatic carbocycles. The highest BCUT2D eigenvalue weighted by atomic mass is 35.5. The summed E-state index contributed by atoms with van der Waals surface area (Å²) in [5, 5.41) is 6.61. The van der Waals surface area contributed by atoms with Crippen LogP contribution in [0.1, 0.15) is 17.0 Å². The van der Waals surface area contributed by atoms with E-state index >= 15 is 0 Å². The Morgan fingerprint density at radius 3 is 2.43 bits per heavy atom.